The first-order valence-electron chi connectivity index (χ1n) is 8.64. The number of carbonyl (C=O) groups is 2. The molecule has 0 radical (unpaired) electrons. The molecule has 2 heterocycles. The lowest BCUT2D eigenvalue weighted by Gasteiger charge is -2.35. The summed E-state index contributed by atoms with van der Waals surface area (Å²) in [5.74, 6) is -0.211. The Morgan fingerprint density at radius 2 is 2.04 bits per heavy atom. The zero-order chi connectivity index (χ0) is 17.7. The Morgan fingerprint density at radius 1 is 1.29 bits per heavy atom. The van der Waals surface area contributed by atoms with E-state index in [1.54, 1.807) is 11.8 Å². The van der Waals surface area contributed by atoms with Gasteiger partial charge < -0.3 is 14.4 Å². The van der Waals surface area contributed by atoms with E-state index in [4.69, 9.17) is 9.47 Å². The summed E-state index contributed by atoms with van der Waals surface area (Å²) in [6, 6.07) is -0.0971. The molecular formula is C17H29N3O4. The monoisotopic (exact) mass is 339 g/mol. The number of hydrogen-bond acceptors (Lipinski definition) is 6. The van der Waals surface area contributed by atoms with Crippen molar-refractivity contribution in [3.63, 3.8) is 0 Å². The van der Waals surface area contributed by atoms with Gasteiger partial charge in [0, 0.05) is 19.1 Å². The molecule has 0 aromatic heterocycles. The maximum Gasteiger partial charge on any atom is 0.410 e. The van der Waals surface area contributed by atoms with Gasteiger partial charge in [-0.3, -0.25) is 4.79 Å². The van der Waals surface area contributed by atoms with Crippen LogP contribution in [0.1, 0.15) is 47.0 Å². The summed E-state index contributed by atoms with van der Waals surface area (Å²) in [7, 11) is 0. The third-order valence-electron chi connectivity index (χ3n) is 4.09. The molecule has 0 aromatic rings. The smallest absolute Gasteiger partial charge is 0.410 e. The van der Waals surface area contributed by atoms with E-state index in [1.165, 1.54) is 5.57 Å². The number of hydrazine groups is 1. The molecule has 1 saturated heterocycles. The van der Waals surface area contributed by atoms with E-state index in [0.717, 1.165) is 19.3 Å². The van der Waals surface area contributed by atoms with E-state index in [0.29, 0.717) is 19.7 Å². The summed E-state index contributed by atoms with van der Waals surface area (Å²) >= 11 is 0. The van der Waals surface area contributed by atoms with Crippen molar-refractivity contribution in [2.45, 2.75) is 64.6 Å². The second kappa shape index (κ2) is 7.98. The number of carbonyl (C=O) groups excluding carboxylic acids is 2. The maximum absolute atomic E-state index is 12.1. The van der Waals surface area contributed by atoms with Crippen LogP contribution in [0.2, 0.25) is 0 Å². The molecule has 0 spiro atoms. The molecule has 2 N–H and O–H groups in total. The summed E-state index contributed by atoms with van der Waals surface area (Å²) in [6.07, 6.45) is 4.23. The SMILES string of the molecule is CCOC(=O)C1CCC(C2=CCN(C(=O)OC(C)(C)C)CC2)NN1. The Kier molecular flexibility index (Phi) is 6.23. The van der Waals surface area contributed by atoms with Crippen molar-refractivity contribution in [1.29, 1.82) is 0 Å². The van der Waals surface area contributed by atoms with Crippen molar-refractivity contribution in [2.24, 2.45) is 0 Å². The van der Waals surface area contributed by atoms with Gasteiger partial charge in [0.05, 0.1) is 6.61 Å². The number of rotatable bonds is 3. The van der Waals surface area contributed by atoms with Gasteiger partial charge in [-0.05, 0) is 47.0 Å². The van der Waals surface area contributed by atoms with Crippen LogP contribution in [0.5, 0.6) is 0 Å². The van der Waals surface area contributed by atoms with E-state index >= 15 is 0 Å². The normalized spacial score (nSPS) is 25.0. The predicted octanol–water partition coefficient (Wildman–Crippen LogP) is 1.74. The average molecular weight is 339 g/mol. The minimum absolute atomic E-state index is 0.191. The molecule has 2 aliphatic heterocycles. The Labute approximate surface area is 143 Å². The zero-order valence-electron chi connectivity index (χ0n) is 15.1. The van der Waals surface area contributed by atoms with Gasteiger partial charge in [0.15, 0.2) is 0 Å². The van der Waals surface area contributed by atoms with Crippen molar-refractivity contribution in [1.82, 2.24) is 15.8 Å². The van der Waals surface area contributed by atoms with Crippen molar-refractivity contribution in [2.75, 3.05) is 19.7 Å². The van der Waals surface area contributed by atoms with Gasteiger partial charge in [0.1, 0.15) is 11.6 Å². The Balaban J connectivity index is 1.81. The van der Waals surface area contributed by atoms with Crippen LogP contribution >= 0.6 is 0 Å². The Morgan fingerprint density at radius 3 is 2.54 bits per heavy atom. The van der Waals surface area contributed by atoms with Gasteiger partial charge in [-0.25, -0.2) is 15.6 Å². The van der Waals surface area contributed by atoms with Gasteiger partial charge >= 0.3 is 12.1 Å². The summed E-state index contributed by atoms with van der Waals surface area (Å²) in [6.45, 7) is 9.02. The molecule has 7 nitrogen and oxygen atoms in total. The largest absolute Gasteiger partial charge is 0.465 e. The molecule has 2 aliphatic rings. The van der Waals surface area contributed by atoms with E-state index < -0.39 is 5.60 Å². The number of nitrogens with one attached hydrogen (secondary N) is 2. The first-order valence-corrected chi connectivity index (χ1v) is 8.64. The van der Waals surface area contributed by atoms with Gasteiger partial charge in [-0.2, -0.15) is 0 Å². The lowest BCUT2D eigenvalue weighted by atomic mass is 9.93. The van der Waals surface area contributed by atoms with Crippen LogP contribution in [0.3, 0.4) is 0 Å². The highest BCUT2D eigenvalue weighted by molar-refractivity contribution is 5.75. The minimum Gasteiger partial charge on any atom is -0.465 e. The quantitative estimate of drug-likeness (QED) is 0.602. The van der Waals surface area contributed by atoms with Crippen molar-refractivity contribution < 1.29 is 19.1 Å². The average Bonchev–Trinajstić information content (AvgIpc) is 2.54. The fourth-order valence-electron chi connectivity index (χ4n) is 2.87. The molecule has 2 unspecified atom stereocenters. The molecule has 0 saturated carbocycles. The predicted molar refractivity (Wildman–Crippen MR) is 90.2 cm³/mol. The molecule has 24 heavy (non-hydrogen) atoms. The van der Waals surface area contributed by atoms with Gasteiger partial charge in [-0.1, -0.05) is 11.6 Å². The highest BCUT2D eigenvalue weighted by Gasteiger charge is 2.30. The van der Waals surface area contributed by atoms with Crippen LogP contribution in [-0.4, -0.2) is 54.3 Å². The summed E-state index contributed by atoms with van der Waals surface area (Å²) in [5, 5.41) is 0. The van der Waals surface area contributed by atoms with E-state index in [1.807, 2.05) is 20.8 Å². The van der Waals surface area contributed by atoms with Crippen LogP contribution in [0.25, 0.3) is 0 Å². The Bertz CT molecular complexity index is 491. The first-order chi connectivity index (χ1) is 11.3. The molecule has 0 aromatic carbocycles. The van der Waals surface area contributed by atoms with Crippen LogP contribution in [0, 0.1) is 0 Å². The van der Waals surface area contributed by atoms with Gasteiger partial charge in [0.25, 0.3) is 0 Å². The van der Waals surface area contributed by atoms with Crippen LogP contribution in [-0.2, 0) is 14.3 Å². The number of nitrogens with zero attached hydrogens (tertiary/aromatic N) is 1. The molecule has 0 bridgehead atoms. The van der Waals surface area contributed by atoms with Crippen LogP contribution in [0.4, 0.5) is 4.79 Å². The molecule has 0 aliphatic carbocycles. The topological polar surface area (TPSA) is 79.9 Å². The highest BCUT2D eigenvalue weighted by atomic mass is 16.6. The van der Waals surface area contributed by atoms with Crippen molar-refractivity contribution in [3.05, 3.63) is 11.6 Å². The second-order valence-corrected chi connectivity index (χ2v) is 7.18. The lowest BCUT2D eigenvalue weighted by molar-refractivity contribution is -0.146. The number of ether oxygens (including phenoxy) is 2. The standard InChI is InChI=1S/C17H29N3O4/c1-5-23-15(21)14-7-6-13(18-19-14)12-8-10-20(11-9-12)16(22)24-17(2,3)4/h8,13-14,18-19H,5-7,9-11H2,1-4H3. The fourth-order valence-corrected chi connectivity index (χ4v) is 2.87. The Hall–Kier alpha value is -1.60. The fraction of sp³-hybridized carbons (Fsp3) is 0.765. The zero-order valence-corrected chi connectivity index (χ0v) is 15.1. The summed E-state index contributed by atoms with van der Waals surface area (Å²) in [5.41, 5.74) is 7.05. The molecule has 7 heteroatoms. The molecule has 136 valence electrons. The highest BCUT2D eigenvalue weighted by Crippen LogP contribution is 2.22. The lowest BCUT2D eigenvalue weighted by Crippen LogP contribution is -2.56. The minimum atomic E-state index is -0.474. The van der Waals surface area contributed by atoms with Gasteiger partial charge in [0.2, 0.25) is 0 Å². The summed E-state index contributed by atoms with van der Waals surface area (Å²) < 4.78 is 10.4. The van der Waals surface area contributed by atoms with Crippen LogP contribution in [0.15, 0.2) is 11.6 Å². The third kappa shape index (κ3) is 5.21. The first kappa shape index (κ1) is 18.7. The maximum atomic E-state index is 12.1. The molecule has 1 fully saturated rings. The number of esters is 1. The van der Waals surface area contributed by atoms with Crippen molar-refractivity contribution >= 4 is 12.1 Å². The number of amides is 1. The van der Waals surface area contributed by atoms with Gasteiger partial charge in [-0.15, -0.1) is 0 Å². The second-order valence-electron chi connectivity index (χ2n) is 7.18. The number of hydrogen-bond donors (Lipinski definition) is 2. The molecule has 1 amide bonds. The molecule has 2 rings (SSSR count). The molecular weight excluding hydrogens is 310 g/mol. The van der Waals surface area contributed by atoms with Crippen LogP contribution < -0.4 is 10.9 Å². The van der Waals surface area contributed by atoms with Crippen molar-refractivity contribution in [3.8, 4) is 0 Å². The van der Waals surface area contributed by atoms with E-state index in [9.17, 15) is 9.59 Å². The van der Waals surface area contributed by atoms with E-state index in [-0.39, 0.29) is 24.1 Å². The van der Waals surface area contributed by atoms with E-state index in [2.05, 4.69) is 16.9 Å². The third-order valence-corrected chi connectivity index (χ3v) is 4.09. The summed E-state index contributed by atoms with van der Waals surface area (Å²) in [4.78, 5) is 25.5. The molecule has 2 atom stereocenters.